The summed E-state index contributed by atoms with van der Waals surface area (Å²) in [6.07, 6.45) is 1.70. The SMILES string of the molecule is C=CCNc1[nH]n2c(=O)cc(C)nc2c1-c1nc(-c2ccc(Cl)cc2)no1. The minimum absolute atomic E-state index is 0.233. The number of H-pyrrole nitrogens is 1. The summed E-state index contributed by atoms with van der Waals surface area (Å²) >= 11 is 5.92. The van der Waals surface area contributed by atoms with Crippen molar-refractivity contribution in [3.63, 3.8) is 0 Å². The molecule has 0 aliphatic heterocycles. The maximum Gasteiger partial charge on any atom is 0.272 e. The number of hydrogen-bond donors (Lipinski definition) is 2. The molecule has 3 aromatic heterocycles. The fraction of sp³-hybridized carbons (Fsp3) is 0.111. The van der Waals surface area contributed by atoms with Crippen molar-refractivity contribution in [3.05, 3.63) is 64.1 Å². The maximum atomic E-state index is 12.3. The van der Waals surface area contributed by atoms with Gasteiger partial charge in [0.2, 0.25) is 5.82 Å². The van der Waals surface area contributed by atoms with E-state index in [1.807, 2.05) is 0 Å². The van der Waals surface area contributed by atoms with Crippen LogP contribution in [-0.2, 0) is 0 Å². The first-order valence-electron chi connectivity index (χ1n) is 8.14. The van der Waals surface area contributed by atoms with Gasteiger partial charge in [-0.1, -0.05) is 22.8 Å². The summed E-state index contributed by atoms with van der Waals surface area (Å²) in [5, 5.41) is 10.8. The Bertz CT molecular complexity index is 1190. The van der Waals surface area contributed by atoms with Gasteiger partial charge in [0.1, 0.15) is 11.4 Å². The van der Waals surface area contributed by atoms with E-state index in [2.05, 4.69) is 32.1 Å². The molecule has 0 saturated carbocycles. The number of hydrogen-bond acceptors (Lipinski definition) is 6. The van der Waals surface area contributed by atoms with E-state index < -0.39 is 0 Å². The normalized spacial score (nSPS) is 11.0. The molecule has 1 aromatic carbocycles. The minimum atomic E-state index is -0.233. The van der Waals surface area contributed by atoms with Gasteiger partial charge in [0, 0.05) is 28.9 Å². The van der Waals surface area contributed by atoms with Crippen LogP contribution in [0.2, 0.25) is 5.02 Å². The summed E-state index contributed by atoms with van der Waals surface area (Å²) in [6.45, 7) is 5.92. The van der Waals surface area contributed by atoms with Crippen LogP contribution in [0.4, 0.5) is 5.82 Å². The van der Waals surface area contributed by atoms with Crippen molar-refractivity contribution in [3.8, 4) is 22.8 Å². The number of aryl methyl sites for hydroxylation is 1. The lowest BCUT2D eigenvalue weighted by molar-refractivity contribution is 0.432. The maximum absolute atomic E-state index is 12.3. The second-order valence-corrected chi connectivity index (χ2v) is 6.29. The highest BCUT2D eigenvalue weighted by atomic mass is 35.5. The lowest BCUT2D eigenvalue weighted by Crippen LogP contribution is -2.14. The predicted octanol–water partition coefficient (Wildman–Crippen LogP) is 3.30. The van der Waals surface area contributed by atoms with E-state index in [0.29, 0.717) is 40.1 Å². The molecule has 136 valence electrons. The molecule has 0 spiro atoms. The summed E-state index contributed by atoms with van der Waals surface area (Å²) in [5.41, 5.74) is 2.04. The summed E-state index contributed by atoms with van der Waals surface area (Å²) in [4.78, 5) is 21.2. The number of fused-ring (bicyclic) bond motifs is 1. The van der Waals surface area contributed by atoms with Gasteiger partial charge >= 0.3 is 0 Å². The van der Waals surface area contributed by atoms with Crippen LogP contribution in [0.5, 0.6) is 0 Å². The molecule has 4 aromatic rings. The molecule has 9 heteroatoms. The molecule has 0 unspecified atom stereocenters. The van der Waals surface area contributed by atoms with E-state index in [-0.39, 0.29) is 11.4 Å². The van der Waals surface area contributed by atoms with Crippen LogP contribution in [-0.4, -0.2) is 31.3 Å². The number of halogens is 1. The molecule has 0 radical (unpaired) electrons. The van der Waals surface area contributed by atoms with E-state index in [4.69, 9.17) is 16.1 Å². The monoisotopic (exact) mass is 382 g/mol. The van der Waals surface area contributed by atoms with Gasteiger partial charge < -0.3 is 9.84 Å². The van der Waals surface area contributed by atoms with Crippen LogP contribution < -0.4 is 10.9 Å². The van der Waals surface area contributed by atoms with Gasteiger partial charge in [-0.15, -0.1) is 6.58 Å². The highest BCUT2D eigenvalue weighted by molar-refractivity contribution is 6.30. The van der Waals surface area contributed by atoms with E-state index >= 15 is 0 Å². The van der Waals surface area contributed by atoms with E-state index in [1.54, 1.807) is 37.3 Å². The standard InChI is InChI=1S/C18H15ClN6O2/c1-3-8-20-16-14(17-21-10(2)9-13(26)25(17)23-16)18-22-15(24-27-18)11-4-6-12(19)7-5-11/h3-7,9,20,23H,1,8H2,2H3. The molecule has 4 rings (SSSR count). The third kappa shape index (κ3) is 3.11. The average molecular weight is 383 g/mol. The highest BCUT2D eigenvalue weighted by Gasteiger charge is 2.22. The predicted molar refractivity (Wildman–Crippen MR) is 103 cm³/mol. The fourth-order valence-electron chi connectivity index (χ4n) is 2.70. The first kappa shape index (κ1) is 17.0. The van der Waals surface area contributed by atoms with Crippen molar-refractivity contribution < 1.29 is 4.52 Å². The molecule has 8 nitrogen and oxygen atoms in total. The number of aromatic nitrogens is 5. The van der Waals surface area contributed by atoms with Crippen LogP contribution in [0.3, 0.4) is 0 Å². The van der Waals surface area contributed by atoms with Gasteiger partial charge in [0.25, 0.3) is 11.4 Å². The number of anilines is 1. The van der Waals surface area contributed by atoms with Crippen LogP contribution in [0.1, 0.15) is 5.69 Å². The molecule has 2 N–H and O–H groups in total. The van der Waals surface area contributed by atoms with Crippen molar-refractivity contribution in [2.24, 2.45) is 0 Å². The lowest BCUT2D eigenvalue weighted by Gasteiger charge is -2.00. The van der Waals surface area contributed by atoms with Gasteiger partial charge in [-0.25, -0.2) is 4.98 Å². The van der Waals surface area contributed by atoms with Gasteiger partial charge in [0.05, 0.1) is 0 Å². The van der Waals surface area contributed by atoms with Crippen LogP contribution in [0.15, 0.2) is 52.3 Å². The zero-order valence-electron chi connectivity index (χ0n) is 14.4. The number of rotatable bonds is 5. The van der Waals surface area contributed by atoms with Crippen molar-refractivity contribution >= 4 is 23.1 Å². The molecule has 27 heavy (non-hydrogen) atoms. The molecule has 0 fully saturated rings. The Morgan fingerprint density at radius 1 is 1.33 bits per heavy atom. The van der Waals surface area contributed by atoms with Gasteiger partial charge in [0.15, 0.2) is 5.65 Å². The Morgan fingerprint density at radius 2 is 2.11 bits per heavy atom. The quantitative estimate of drug-likeness (QED) is 0.513. The molecule has 0 saturated heterocycles. The Labute approximate surface area is 158 Å². The topological polar surface area (TPSA) is 101 Å². The molecule has 0 aliphatic carbocycles. The van der Waals surface area contributed by atoms with Gasteiger partial charge in [-0.2, -0.15) is 9.50 Å². The van der Waals surface area contributed by atoms with Crippen LogP contribution in [0, 0.1) is 6.92 Å². The van der Waals surface area contributed by atoms with Gasteiger partial charge in [-0.3, -0.25) is 9.89 Å². The smallest absolute Gasteiger partial charge is 0.272 e. The summed E-state index contributed by atoms with van der Waals surface area (Å²) in [7, 11) is 0. The summed E-state index contributed by atoms with van der Waals surface area (Å²) in [6, 6.07) is 8.55. The molecule has 0 amide bonds. The van der Waals surface area contributed by atoms with E-state index in [9.17, 15) is 4.79 Å². The number of aromatic amines is 1. The van der Waals surface area contributed by atoms with Crippen LogP contribution in [0.25, 0.3) is 28.5 Å². The molecule has 0 bridgehead atoms. The third-order valence-electron chi connectivity index (χ3n) is 3.91. The lowest BCUT2D eigenvalue weighted by atomic mass is 10.2. The molecular weight excluding hydrogens is 368 g/mol. The third-order valence-corrected chi connectivity index (χ3v) is 4.16. The van der Waals surface area contributed by atoms with Crippen LogP contribution >= 0.6 is 11.6 Å². The van der Waals surface area contributed by atoms with E-state index in [0.717, 1.165) is 5.56 Å². The van der Waals surface area contributed by atoms with Crippen molar-refractivity contribution in [2.75, 3.05) is 11.9 Å². The Balaban J connectivity index is 1.88. The van der Waals surface area contributed by atoms with Crippen molar-refractivity contribution in [1.29, 1.82) is 0 Å². The van der Waals surface area contributed by atoms with E-state index in [1.165, 1.54) is 10.6 Å². The summed E-state index contributed by atoms with van der Waals surface area (Å²) < 4.78 is 6.80. The second-order valence-electron chi connectivity index (χ2n) is 5.86. The number of nitrogens with one attached hydrogen (secondary N) is 2. The van der Waals surface area contributed by atoms with Crippen molar-refractivity contribution in [1.82, 2.24) is 24.7 Å². The number of nitrogens with zero attached hydrogens (tertiary/aromatic N) is 4. The Kier molecular flexibility index (Phi) is 4.25. The average Bonchev–Trinajstić information content (AvgIpc) is 3.25. The van der Waals surface area contributed by atoms with Crippen molar-refractivity contribution in [2.45, 2.75) is 6.92 Å². The first-order valence-corrected chi connectivity index (χ1v) is 8.52. The molecule has 3 heterocycles. The largest absolute Gasteiger partial charge is 0.366 e. The zero-order chi connectivity index (χ0) is 19.0. The molecule has 0 atom stereocenters. The Hall–Kier alpha value is -3.39. The fourth-order valence-corrected chi connectivity index (χ4v) is 2.82. The molecule has 0 aliphatic rings. The molecular formula is C18H15ClN6O2. The highest BCUT2D eigenvalue weighted by Crippen LogP contribution is 2.31. The second kappa shape index (κ2) is 6.73. The first-order chi connectivity index (χ1) is 13.1. The van der Waals surface area contributed by atoms with Gasteiger partial charge in [-0.05, 0) is 31.2 Å². The summed E-state index contributed by atoms with van der Waals surface area (Å²) in [5.74, 6) is 1.19. The minimum Gasteiger partial charge on any atom is -0.366 e. The zero-order valence-corrected chi connectivity index (χ0v) is 15.1. The number of benzene rings is 1. The Morgan fingerprint density at radius 3 is 2.85 bits per heavy atom.